The van der Waals surface area contributed by atoms with Gasteiger partial charge in [-0.3, -0.25) is 19.7 Å². The van der Waals surface area contributed by atoms with Crippen LogP contribution < -0.4 is 14.8 Å². The number of carbonyl (C=O) groups is 2. The van der Waals surface area contributed by atoms with Crippen molar-refractivity contribution in [2.24, 2.45) is 0 Å². The fourth-order valence-corrected chi connectivity index (χ4v) is 2.12. The SMILES string of the molecule is COc1cc(OC)cc(C(=O)NCC(=O)OCc2ccc([N+](=O)[O-])cc2)c1. The van der Waals surface area contributed by atoms with E-state index in [1.54, 1.807) is 6.07 Å². The minimum atomic E-state index is -0.642. The third-order valence-electron chi connectivity index (χ3n) is 3.55. The van der Waals surface area contributed by atoms with Gasteiger partial charge < -0.3 is 19.5 Å². The van der Waals surface area contributed by atoms with Crippen LogP contribution in [0.5, 0.6) is 11.5 Å². The normalized spacial score (nSPS) is 10.0. The summed E-state index contributed by atoms with van der Waals surface area (Å²) in [6.07, 6.45) is 0. The Morgan fingerprint density at radius 1 is 1.04 bits per heavy atom. The van der Waals surface area contributed by atoms with E-state index >= 15 is 0 Å². The predicted octanol–water partition coefficient (Wildman–Crippen LogP) is 2.09. The Balaban J connectivity index is 1.86. The quantitative estimate of drug-likeness (QED) is 0.427. The molecule has 0 aliphatic carbocycles. The maximum Gasteiger partial charge on any atom is 0.325 e. The molecule has 9 nitrogen and oxygen atoms in total. The largest absolute Gasteiger partial charge is 0.497 e. The molecule has 2 rings (SSSR count). The number of amides is 1. The van der Waals surface area contributed by atoms with Crippen molar-refractivity contribution < 1.29 is 28.7 Å². The van der Waals surface area contributed by atoms with E-state index in [2.05, 4.69) is 5.32 Å². The molecule has 0 saturated carbocycles. The lowest BCUT2D eigenvalue weighted by Gasteiger charge is -2.09. The first kappa shape index (κ1) is 19.7. The lowest BCUT2D eigenvalue weighted by atomic mass is 10.2. The number of methoxy groups -OCH3 is 2. The van der Waals surface area contributed by atoms with Gasteiger partial charge in [0.2, 0.25) is 0 Å². The van der Waals surface area contributed by atoms with Crippen molar-refractivity contribution in [2.75, 3.05) is 20.8 Å². The number of carbonyl (C=O) groups excluding carboxylic acids is 2. The van der Waals surface area contributed by atoms with E-state index in [9.17, 15) is 19.7 Å². The molecule has 0 bridgehead atoms. The molecule has 1 N–H and O–H groups in total. The highest BCUT2D eigenvalue weighted by atomic mass is 16.6. The number of hydrogen-bond acceptors (Lipinski definition) is 7. The highest BCUT2D eigenvalue weighted by Gasteiger charge is 2.12. The van der Waals surface area contributed by atoms with Crippen LogP contribution in [0.2, 0.25) is 0 Å². The number of nitro groups is 1. The molecule has 0 fully saturated rings. The van der Waals surface area contributed by atoms with Gasteiger partial charge in [0.05, 0.1) is 19.1 Å². The summed E-state index contributed by atoms with van der Waals surface area (Å²) < 4.78 is 15.2. The predicted molar refractivity (Wildman–Crippen MR) is 94.8 cm³/mol. The van der Waals surface area contributed by atoms with Crippen LogP contribution in [0.1, 0.15) is 15.9 Å². The van der Waals surface area contributed by atoms with Crippen molar-refractivity contribution in [1.82, 2.24) is 5.32 Å². The monoisotopic (exact) mass is 374 g/mol. The molecule has 0 radical (unpaired) electrons. The van der Waals surface area contributed by atoms with E-state index in [-0.39, 0.29) is 24.4 Å². The first-order valence-corrected chi connectivity index (χ1v) is 7.83. The van der Waals surface area contributed by atoms with Gasteiger partial charge >= 0.3 is 5.97 Å². The zero-order chi connectivity index (χ0) is 19.8. The van der Waals surface area contributed by atoms with Gasteiger partial charge in [-0.1, -0.05) is 0 Å². The molecule has 9 heteroatoms. The summed E-state index contributed by atoms with van der Waals surface area (Å²) in [7, 11) is 2.93. The number of ether oxygens (including phenoxy) is 3. The zero-order valence-corrected chi connectivity index (χ0v) is 14.8. The van der Waals surface area contributed by atoms with Gasteiger partial charge in [-0.15, -0.1) is 0 Å². The Kier molecular flexibility index (Phi) is 6.70. The first-order valence-electron chi connectivity index (χ1n) is 7.83. The molecular weight excluding hydrogens is 356 g/mol. The van der Waals surface area contributed by atoms with Crippen LogP contribution in [0.3, 0.4) is 0 Å². The minimum Gasteiger partial charge on any atom is -0.497 e. The molecule has 1 amide bonds. The third kappa shape index (κ3) is 5.70. The summed E-state index contributed by atoms with van der Waals surface area (Å²) in [6, 6.07) is 10.3. The van der Waals surface area contributed by atoms with Crippen LogP contribution >= 0.6 is 0 Å². The highest BCUT2D eigenvalue weighted by Crippen LogP contribution is 2.22. The van der Waals surface area contributed by atoms with Crippen molar-refractivity contribution in [1.29, 1.82) is 0 Å². The van der Waals surface area contributed by atoms with Crippen LogP contribution in [0, 0.1) is 10.1 Å². The number of hydrogen-bond donors (Lipinski definition) is 1. The van der Waals surface area contributed by atoms with Gasteiger partial charge in [0.15, 0.2) is 0 Å². The zero-order valence-electron chi connectivity index (χ0n) is 14.8. The van der Waals surface area contributed by atoms with Crippen LogP contribution in [-0.2, 0) is 16.1 Å². The maximum atomic E-state index is 12.2. The molecule has 2 aromatic rings. The fraction of sp³-hybridized carbons (Fsp3) is 0.222. The molecular formula is C18H18N2O7. The summed E-state index contributed by atoms with van der Waals surface area (Å²) in [6.45, 7) is -0.384. The molecule has 0 aromatic heterocycles. The Hall–Kier alpha value is -3.62. The van der Waals surface area contributed by atoms with Gasteiger partial charge in [0.25, 0.3) is 11.6 Å². The summed E-state index contributed by atoms with van der Waals surface area (Å²) in [5.74, 6) is -0.239. The molecule has 0 spiro atoms. The van der Waals surface area contributed by atoms with E-state index in [4.69, 9.17) is 14.2 Å². The summed E-state index contributed by atoms with van der Waals surface area (Å²) in [5.41, 5.74) is 0.818. The lowest BCUT2D eigenvalue weighted by molar-refractivity contribution is -0.384. The molecule has 2 aromatic carbocycles. The Bertz CT molecular complexity index is 812. The van der Waals surface area contributed by atoms with Crippen LogP contribution in [0.4, 0.5) is 5.69 Å². The first-order chi connectivity index (χ1) is 12.9. The standard InChI is InChI=1S/C18H18N2O7/c1-25-15-7-13(8-16(9-15)26-2)18(22)19-10-17(21)27-11-12-3-5-14(6-4-12)20(23)24/h3-9H,10-11H2,1-2H3,(H,19,22). The molecule has 0 aliphatic heterocycles. The smallest absolute Gasteiger partial charge is 0.325 e. The Labute approximate surface area is 155 Å². The number of nitrogens with zero attached hydrogens (tertiary/aromatic N) is 1. The van der Waals surface area contributed by atoms with Gasteiger partial charge in [0.1, 0.15) is 24.7 Å². The van der Waals surface area contributed by atoms with Crippen LogP contribution in [0.25, 0.3) is 0 Å². The molecule has 142 valence electrons. The molecule has 0 heterocycles. The lowest BCUT2D eigenvalue weighted by Crippen LogP contribution is -2.30. The number of rotatable bonds is 8. The number of benzene rings is 2. The summed E-state index contributed by atoms with van der Waals surface area (Å²) in [5, 5.41) is 13.0. The topological polar surface area (TPSA) is 117 Å². The van der Waals surface area contributed by atoms with Crippen molar-refractivity contribution in [3.05, 3.63) is 63.7 Å². The Morgan fingerprint density at radius 3 is 2.15 bits per heavy atom. The van der Waals surface area contributed by atoms with E-state index < -0.39 is 16.8 Å². The number of nitro benzene ring substituents is 1. The van der Waals surface area contributed by atoms with E-state index in [1.807, 2.05) is 0 Å². The van der Waals surface area contributed by atoms with Gasteiger partial charge in [0, 0.05) is 23.8 Å². The van der Waals surface area contributed by atoms with Crippen molar-refractivity contribution >= 4 is 17.6 Å². The second kappa shape index (κ2) is 9.18. The average Bonchev–Trinajstić information content (AvgIpc) is 2.70. The van der Waals surface area contributed by atoms with Crippen LogP contribution in [0.15, 0.2) is 42.5 Å². The maximum absolute atomic E-state index is 12.2. The highest BCUT2D eigenvalue weighted by molar-refractivity contribution is 5.96. The Morgan fingerprint density at radius 2 is 1.63 bits per heavy atom. The molecule has 0 unspecified atom stereocenters. The number of nitrogens with one attached hydrogen (secondary N) is 1. The summed E-state index contributed by atoms with van der Waals surface area (Å²) in [4.78, 5) is 34.0. The van der Waals surface area contributed by atoms with Crippen molar-refractivity contribution in [3.63, 3.8) is 0 Å². The number of esters is 1. The minimum absolute atomic E-state index is 0.0499. The van der Waals surface area contributed by atoms with E-state index in [0.29, 0.717) is 17.1 Å². The van der Waals surface area contributed by atoms with E-state index in [0.717, 1.165) is 0 Å². The van der Waals surface area contributed by atoms with Gasteiger partial charge in [-0.2, -0.15) is 0 Å². The number of non-ortho nitro benzene ring substituents is 1. The fourth-order valence-electron chi connectivity index (χ4n) is 2.12. The van der Waals surface area contributed by atoms with E-state index in [1.165, 1.54) is 50.6 Å². The molecule has 0 saturated heterocycles. The summed E-state index contributed by atoms with van der Waals surface area (Å²) >= 11 is 0. The van der Waals surface area contributed by atoms with Crippen molar-refractivity contribution in [3.8, 4) is 11.5 Å². The van der Waals surface area contributed by atoms with Gasteiger partial charge in [-0.05, 0) is 29.8 Å². The molecule has 0 aliphatic rings. The second-order valence-corrected chi connectivity index (χ2v) is 5.37. The molecule has 27 heavy (non-hydrogen) atoms. The average molecular weight is 374 g/mol. The van der Waals surface area contributed by atoms with Crippen molar-refractivity contribution in [2.45, 2.75) is 6.61 Å². The third-order valence-corrected chi connectivity index (χ3v) is 3.55. The molecule has 0 atom stereocenters. The van der Waals surface area contributed by atoms with Crippen LogP contribution in [-0.4, -0.2) is 37.6 Å². The van der Waals surface area contributed by atoms with Gasteiger partial charge in [-0.25, -0.2) is 0 Å². The second-order valence-electron chi connectivity index (χ2n) is 5.37.